The van der Waals surface area contributed by atoms with E-state index in [0.717, 1.165) is 5.69 Å². The Hall–Kier alpha value is -3.42. The predicted molar refractivity (Wildman–Crippen MR) is 92.4 cm³/mol. The number of primary amides is 1. The van der Waals surface area contributed by atoms with Crippen LogP contribution in [0.25, 0.3) is 5.52 Å². The monoisotopic (exact) mass is 341 g/mol. The van der Waals surface area contributed by atoms with Gasteiger partial charge in [-0.2, -0.15) is 0 Å². The van der Waals surface area contributed by atoms with E-state index in [4.69, 9.17) is 5.73 Å². The van der Waals surface area contributed by atoms with Gasteiger partial charge in [0.05, 0.1) is 17.4 Å². The molecule has 1 aromatic carbocycles. The molecule has 0 spiro atoms. The number of carbonyl (C=O) groups excluding carboxylic acids is 2. The number of hydrogen-bond acceptors (Lipinski definition) is 4. The number of nitrogens with one attached hydrogen (secondary N) is 1. The highest BCUT2D eigenvalue weighted by molar-refractivity contribution is 6.08. The molecular weight excluding hydrogens is 325 g/mol. The third kappa shape index (κ3) is 3.01. The van der Waals surface area contributed by atoms with Gasteiger partial charge in [-0.15, -0.1) is 0 Å². The van der Waals surface area contributed by atoms with E-state index >= 15 is 0 Å². The Morgan fingerprint density at radius 2 is 2.04 bits per heavy atom. The van der Waals surface area contributed by atoms with Gasteiger partial charge in [0, 0.05) is 26.0 Å². The molecule has 0 aliphatic carbocycles. The predicted octanol–water partition coefficient (Wildman–Crippen LogP) is 1.89. The summed E-state index contributed by atoms with van der Waals surface area (Å²) < 4.78 is 15.1. The molecule has 3 aromatic rings. The van der Waals surface area contributed by atoms with Gasteiger partial charge in [0.1, 0.15) is 11.3 Å². The second-order valence-corrected chi connectivity index (χ2v) is 5.64. The Kier molecular flexibility index (Phi) is 4.10. The molecule has 0 saturated heterocycles. The van der Waals surface area contributed by atoms with Crippen LogP contribution in [0, 0.1) is 5.82 Å². The quantitative estimate of drug-likeness (QED) is 0.758. The highest BCUT2D eigenvalue weighted by atomic mass is 19.1. The first-order valence-electron chi connectivity index (χ1n) is 7.42. The summed E-state index contributed by atoms with van der Waals surface area (Å²) >= 11 is 0. The number of amides is 2. The number of pyridine rings is 1. The average Bonchev–Trinajstić information content (AvgIpc) is 3.00. The largest absolute Gasteiger partial charge is 0.378 e. The zero-order valence-corrected chi connectivity index (χ0v) is 13.7. The molecule has 8 heteroatoms. The van der Waals surface area contributed by atoms with E-state index in [1.165, 1.54) is 28.9 Å². The second kappa shape index (κ2) is 6.23. The smallest absolute Gasteiger partial charge is 0.292 e. The molecule has 0 aliphatic rings. The Morgan fingerprint density at radius 3 is 2.72 bits per heavy atom. The van der Waals surface area contributed by atoms with Crippen LogP contribution in [-0.2, 0) is 0 Å². The highest BCUT2D eigenvalue weighted by Gasteiger charge is 2.18. The Balaban J connectivity index is 1.97. The van der Waals surface area contributed by atoms with Crippen molar-refractivity contribution in [2.24, 2.45) is 5.73 Å². The fraction of sp³-hybridized carbons (Fsp3) is 0.118. The van der Waals surface area contributed by atoms with Crippen LogP contribution in [0.5, 0.6) is 0 Å². The van der Waals surface area contributed by atoms with Gasteiger partial charge >= 0.3 is 0 Å². The standard InChI is InChI=1S/C17H16FN5O2/c1-22(2)10-5-6-13(11(8-10)15(19)24)21-17(25)16-20-9-14-12(18)4-3-7-23(14)16/h3-9H,1-2H3,(H2,19,24)(H,21,25). The number of rotatable bonds is 4. The summed E-state index contributed by atoms with van der Waals surface area (Å²) in [5.41, 5.74) is 6.79. The van der Waals surface area contributed by atoms with Crippen LogP contribution in [0.1, 0.15) is 21.0 Å². The lowest BCUT2D eigenvalue weighted by atomic mass is 10.1. The maximum Gasteiger partial charge on any atom is 0.292 e. The van der Waals surface area contributed by atoms with Crippen LogP contribution < -0.4 is 16.0 Å². The first kappa shape index (κ1) is 16.4. The van der Waals surface area contributed by atoms with Gasteiger partial charge in [-0.05, 0) is 30.3 Å². The van der Waals surface area contributed by atoms with Crippen molar-refractivity contribution >= 4 is 28.7 Å². The van der Waals surface area contributed by atoms with Gasteiger partial charge < -0.3 is 16.0 Å². The summed E-state index contributed by atoms with van der Waals surface area (Å²) in [5.74, 6) is -1.73. The van der Waals surface area contributed by atoms with Crippen molar-refractivity contribution < 1.29 is 14.0 Å². The van der Waals surface area contributed by atoms with Crippen molar-refractivity contribution in [2.75, 3.05) is 24.3 Å². The fourth-order valence-electron chi connectivity index (χ4n) is 2.46. The number of halogens is 1. The lowest BCUT2D eigenvalue weighted by molar-refractivity contribution is 0.100. The van der Waals surface area contributed by atoms with Gasteiger partial charge in [-0.3, -0.25) is 14.0 Å². The number of hydrogen-bond donors (Lipinski definition) is 2. The zero-order chi connectivity index (χ0) is 18.1. The lowest BCUT2D eigenvalue weighted by Crippen LogP contribution is -2.21. The topological polar surface area (TPSA) is 92.7 Å². The Labute approximate surface area is 142 Å². The molecule has 3 rings (SSSR count). The summed E-state index contributed by atoms with van der Waals surface area (Å²) in [7, 11) is 3.65. The number of aromatic nitrogens is 2. The maximum absolute atomic E-state index is 13.7. The first-order valence-corrected chi connectivity index (χ1v) is 7.42. The summed E-state index contributed by atoms with van der Waals surface area (Å²) in [5, 5.41) is 2.61. The van der Waals surface area contributed by atoms with Gasteiger partial charge in [0.25, 0.3) is 11.8 Å². The molecule has 0 unspecified atom stereocenters. The average molecular weight is 341 g/mol. The van der Waals surface area contributed by atoms with E-state index in [0.29, 0.717) is 0 Å². The van der Waals surface area contributed by atoms with Crippen molar-refractivity contribution in [3.63, 3.8) is 0 Å². The molecular formula is C17H16FN5O2. The summed E-state index contributed by atoms with van der Waals surface area (Å²) in [4.78, 5) is 30.0. The molecule has 0 bridgehead atoms. The van der Waals surface area contributed by atoms with Crippen molar-refractivity contribution in [2.45, 2.75) is 0 Å². The Bertz CT molecular complexity index is 980. The summed E-state index contributed by atoms with van der Waals surface area (Å²) in [6, 6.07) is 7.67. The number of benzene rings is 1. The number of imidazole rings is 1. The number of carbonyl (C=O) groups is 2. The van der Waals surface area contributed by atoms with Crippen molar-refractivity contribution in [1.82, 2.24) is 9.38 Å². The minimum absolute atomic E-state index is 0.00149. The number of anilines is 2. The molecule has 2 amide bonds. The van der Waals surface area contributed by atoms with E-state index in [1.54, 1.807) is 18.2 Å². The fourth-order valence-corrected chi connectivity index (χ4v) is 2.46. The van der Waals surface area contributed by atoms with Gasteiger partial charge in [-0.25, -0.2) is 9.37 Å². The molecule has 128 valence electrons. The van der Waals surface area contributed by atoms with Crippen LogP contribution in [0.2, 0.25) is 0 Å². The molecule has 0 saturated carbocycles. The van der Waals surface area contributed by atoms with E-state index in [-0.39, 0.29) is 22.6 Å². The summed E-state index contributed by atoms with van der Waals surface area (Å²) in [6.07, 6.45) is 2.80. The minimum Gasteiger partial charge on any atom is -0.378 e. The van der Waals surface area contributed by atoms with Crippen LogP contribution in [-0.4, -0.2) is 35.3 Å². The van der Waals surface area contributed by atoms with E-state index in [1.807, 2.05) is 19.0 Å². The second-order valence-electron chi connectivity index (χ2n) is 5.64. The first-order chi connectivity index (χ1) is 11.9. The van der Waals surface area contributed by atoms with E-state index in [9.17, 15) is 14.0 Å². The van der Waals surface area contributed by atoms with Gasteiger partial charge in [0.15, 0.2) is 0 Å². The van der Waals surface area contributed by atoms with Crippen molar-refractivity contribution in [1.29, 1.82) is 0 Å². The number of fused-ring (bicyclic) bond motifs is 1. The Morgan fingerprint density at radius 1 is 1.28 bits per heavy atom. The number of nitrogens with two attached hydrogens (primary N) is 1. The molecule has 0 atom stereocenters. The van der Waals surface area contributed by atoms with Gasteiger partial charge in [-0.1, -0.05) is 0 Å². The molecule has 0 aliphatic heterocycles. The summed E-state index contributed by atoms with van der Waals surface area (Å²) in [6.45, 7) is 0. The van der Waals surface area contributed by atoms with Crippen LogP contribution in [0.3, 0.4) is 0 Å². The molecule has 0 fully saturated rings. The van der Waals surface area contributed by atoms with Crippen LogP contribution in [0.15, 0.2) is 42.7 Å². The lowest BCUT2D eigenvalue weighted by Gasteiger charge is -2.15. The molecule has 2 heterocycles. The third-order valence-corrected chi connectivity index (χ3v) is 3.76. The van der Waals surface area contributed by atoms with E-state index in [2.05, 4.69) is 10.3 Å². The zero-order valence-electron chi connectivity index (χ0n) is 13.7. The third-order valence-electron chi connectivity index (χ3n) is 3.76. The number of nitrogens with zero attached hydrogens (tertiary/aromatic N) is 3. The van der Waals surface area contributed by atoms with Gasteiger partial charge in [0.2, 0.25) is 5.82 Å². The SMILES string of the molecule is CN(C)c1ccc(NC(=O)c2ncc3c(F)cccn23)c(C(N)=O)c1. The van der Waals surface area contributed by atoms with E-state index < -0.39 is 17.6 Å². The molecule has 3 N–H and O–H groups in total. The molecule has 7 nitrogen and oxygen atoms in total. The highest BCUT2D eigenvalue weighted by Crippen LogP contribution is 2.23. The normalized spacial score (nSPS) is 10.7. The molecule has 0 radical (unpaired) electrons. The maximum atomic E-state index is 13.7. The molecule has 25 heavy (non-hydrogen) atoms. The van der Waals surface area contributed by atoms with Crippen molar-refractivity contribution in [3.8, 4) is 0 Å². The van der Waals surface area contributed by atoms with Crippen LogP contribution >= 0.6 is 0 Å². The van der Waals surface area contributed by atoms with Crippen molar-refractivity contribution in [3.05, 3.63) is 59.9 Å². The molecule has 2 aromatic heterocycles. The van der Waals surface area contributed by atoms with Crippen LogP contribution in [0.4, 0.5) is 15.8 Å². The minimum atomic E-state index is -0.668.